The van der Waals surface area contributed by atoms with Crippen LogP contribution in [-0.4, -0.2) is 60.0 Å². The van der Waals surface area contributed by atoms with E-state index in [4.69, 9.17) is 0 Å². The Labute approximate surface area is 122 Å². The van der Waals surface area contributed by atoms with Crippen LogP contribution in [0.4, 0.5) is 5.00 Å². The van der Waals surface area contributed by atoms with Gasteiger partial charge >= 0.3 is 5.00 Å². The summed E-state index contributed by atoms with van der Waals surface area (Å²) < 4.78 is 0. The van der Waals surface area contributed by atoms with E-state index in [2.05, 4.69) is 15.1 Å². The molecule has 1 N–H and O–H groups in total. The normalized spacial score (nSPS) is 25.1. The van der Waals surface area contributed by atoms with Gasteiger partial charge in [-0.25, -0.2) is 0 Å². The van der Waals surface area contributed by atoms with Crippen molar-refractivity contribution in [3.05, 3.63) is 27.1 Å². The molecule has 3 heterocycles. The van der Waals surface area contributed by atoms with E-state index >= 15 is 0 Å². The van der Waals surface area contributed by atoms with Gasteiger partial charge in [0, 0.05) is 56.8 Å². The van der Waals surface area contributed by atoms with E-state index in [1.807, 2.05) is 5.38 Å². The van der Waals surface area contributed by atoms with E-state index in [1.54, 1.807) is 6.07 Å². The van der Waals surface area contributed by atoms with Crippen molar-refractivity contribution in [3.63, 3.8) is 0 Å². The minimum absolute atomic E-state index is 0.246. The molecule has 0 spiro atoms. The standard InChI is InChI=1S/C13H20N4O2S/c18-17(19)13-7-11(10-20-13)9-15-3-5-16(6-4-15)12-1-2-14-8-12/h7,10,12,14H,1-6,8-9H2. The fourth-order valence-electron chi connectivity index (χ4n) is 3.04. The Kier molecular flexibility index (Phi) is 4.30. The molecule has 2 aliphatic heterocycles. The van der Waals surface area contributed by atoms with Gasteiger partial charge in [-0.15, -0.1) is 0 Å². The number of nitro groups is 1. The van der Waals surface area contributed by atoms with Gasteiger partial charge in [0.2, 0.25) is 0 Å². The predicted octanol–water partition coefficient (Wildman–Crippen LogP) is 1.14. The summed E-state index contributed by atoms with van der Waals surface area (Å²) in [5.41, 5.74) is 1.07. The lowest BCUT2D eigenvalue weighted by Gasteiger charge is -2.37. The molecule has 6 nitrogen and oxygen atoms in total. The van der Waals surface area contributed by atoms with Gasteiger partial charge in [-0.2, -0.15) is 0 Å². The van der Waals surface area contributed by atoms with E-state index in [-0.39, 0.29) is 9.92 Å². The zero-order valence-corrected chi connectivity index (χ0v) is 12.3. The molecule has 1 unspecified atom stereocenters. The lowest BCUT2D eigenvalue weighted by Crippen LogP contribution is -2.50. The second-order valence-corrected chi connectivity index (χ2v) is 6.40. The number of hydrogen-bond acceptors (Lipinski definition) is 6. The van der Waals surface area contributed by atoms with Gasteiger partial charge in [0.15, 0.2) is 0 Å². The van der Waals surface area contributed by atoms with Crippen LogP contribution in [0.15, 0.2) is 11.4 Å². The first-order valence-corrected chi connectivity index (χ1v) is 7.99. The lowest BCUT2D eigenvalue weighted by atomic mass is 10.2. The molecule has 0 bridgehead atoms. The number of piperazine rings is 1. The molecular formula is C13H20N4O2S. The van der Waals surface area contributed by atoms with Crippen molar-refractivity contribution < 1.29 is 4.92 Å². The summed E-state index contributed by atoms with van der Waals surface area (Å²) in [4.78, 5) is 15.3. The van der Waals surface area contributed by atoms with E-state index in [9.17, 15) is 10.1 Å². The van der Waals surface area contributed by atoms with E-state index < -0.39 is 0 Å². The van der Waals surface area contributed by atoms with Crippen LogP contribution >= 0.6 is 11.3 Å². The summed E-state index contributed by atoms with van der Waals surface area (Å²) in [5.74, 6) is 0. The predicted molar refractivity (Wildman–Crippen MR) is 79.1 cm³/mol. The molecule has 3 rings (SSSR count). The maximum Gasteiger partial charge on any atom is 0.324 e. The van der Waals surface area contributed by atoms with Gasteiger partial charge in [-0.1, -0.05) is 11.3 Å². The molecule has 2 fully saturated rings. The molecule has 0 saturated carbocycles. The fraction of sp³-hybridized carbons (Fsp3) is 0.692. The molecule has 110 valence electrons. The lowest BCUT2D eigenvalue weighted by molar-refractivity contribution is -0.380. The Morgan fingerprint density at radius 3 is 2.80 bits per heavy atom. The molecule has 1 aromatic heterocycles. The molecule has 0 aromatic carbocycles. The Hall–Kier alpha value is -1.02. The minimum Gasteiger partial charge on any atom is -0.315 e. The van der Waals surface area contributed by atoms with Gasteiger partial charge in [0.25, 0.3) is 0 Å². The van der Waals surface area contributed by atoms with Crippen LogP contribution in [0.3, 0.4) is 0 Å². The van der Waals surface area contributed by atoms with Crippen molar-refractivity contribution in [1.29, 1.82) is 0 Å². The molecule has 2 saturated heterocycles. The Bertz CT molecular complexity index is 465. The molecule has 0 amide bonds. The van der Waals surface area contributed by atoms with Crippen LogP contribution in [0.2, 0.25) is 0 Å². The highest BCUT2D eigenvalue weighted by Gasteiger charge is 2.26. The summed E-state index contributed by atoms with van der Waals surface area (Å²) in [6.45, 7) is 7.43. The summed E-state index contributed by atoms with van der Waals surface area (Å²) in [5, 5.41) is 16.3. The zero-order chi connectivity index (χ0) is 13.9. The van der Waals surface area contributed by atoms with E-state index in [0.29, 0.717) is 6.04 Å². The van der Waals surface area contributed by atoms with E-state index in [1.165, 1.54) is 17.8 Å². The van der Waals surface area contributed by atoms with Crippen LogP contribution in [0, 0.1) is 10.1 Å². The highest BCUT2D eigenvalue weighted by Crippen LogP contribution is 2.24. The Balaban J connectivity index is 1.49. The quantitative estimate of drug-likeness (QED) is 0.667. The van der Waals surface area contributed by atoms with Gasteiger partial charge in [0.05, 0.1) is 4.92 Å². The summed E-state index contributed by atoms with van der Waals surface area (Å²) >= 11 is 1.22. The first-order chi connectivity index (χ1) is 9.72. The molecule has 7 heteroatoms. The van der Waals surface area contributed by atoms with Crippen LogP contribution in [0.25, 0.3) is 0 Å². The van der Waals surface area contributed by atoms with Crippen LogP contribution in [-0.2, 0) is 6.54 Å². The van der Waals surface area contributed by atoms with Crippen molar-refractivity contribution >= 4 is 16.3 Å². The molecular weight excluding hydrogens is 276 g/mol. The molecule has 1 aromatic rings. The largest absolute Gasteiger partial charge is 0.324 e. The van der Waals surface area contributed by atoms with Gasteiger partial charge < -0.3 is 5.32 Å². The average Bonchev–Trinajstić information content (AvgIpc) is 3.10. The van der Waals surface area contributed by atoms with Crippen molar-refractivity contribution in [2.24, 2.45) is 0 Å². The van der Waals surface area contributed by atoms with Crippen LogP contribution < -0.4 is 5.32 Å². The number of nitrogens with one attached hydrogen (secondary N) is 1. The number of hydrogen-bond donors (Lipinski definition) is 1. The number of thiophene rings is 1. The highest BCUT2D eigenvalue weighted by molar-refractivity contribution is 7.13. The zero-order valence-electron chi connectivity index (χ0n) is 11.5. The molecule has 20 heavy (non-hydrogen) atoms. The summed E-state index contributed by atoms with van der Waals surface area (Å²) in [6, 6.07) is 2.41. The van der Waals surface area contributed by atoms with Crippen LogP contribution in [0.1, 0.15) is 12.0 Å². The Morgan fingerprint density at radius 1 is 1.40 bits per heavy atom. The first-order valence-electron chi connectivity index (χ1n) is 7.11. The van der Waals surface area contributed by atoms with Crippen molar-refractivity contribution in [1.82, 2.24) is 15.1 Å². The monoisotopic (exact) mass is 296 g/mol. The smallest absolute Gasteiger partial charge is 0.315 e. The van der Waals surface area contributed by atoms with Gasteiger partial charge in [0.1, 0.15) is 0 Å². The second kappa shape index (κ2) is 6.17. The van der Waals surface area contributed by atoms with Gasteiger partial charge in [-0.05, 0) is 18.5 Å². The summed E-state index contributed by atoms with van der Waals surface area (Å²) in [6.07, 6.45) is 1.26. The maximum atomic E-state index is 10.7. The third kappa shape index (κ3) is 3.17. The molecule has 0 aliphatic carbocycles. The van der Waals surface area contributed by atoms with E-state index in [0.717, 1.165) is 51.4 Å². The second-order valence-electron chi connectivity index (χ2n) is 5.51. The molecule has 2 aliphatic rings. The topological polar surface area (TPSA) is 61.7 Å². The summed E-state index contributed by atoms with van der Waals surface area (Å²) in [7, 11) is 0. The highest BCUT2D eigenvalue weighted by atomic mass is 32.1. The molecule has 0 radical (unpaired) electrons. The van der Waals surface area contributed by atoms with Crippen molar-refractivity contribution in [2.45, 2.75) is 19.0 Å². The molecule has 1 atom stereocenters. The first kappa shape index (κ1) is 13.9. The van der Waals surface area contributed by atoms with Gasteiger partial charge in [-0.3, -0.25) is 19.9 Å². The minimum atomic E-state index is -0.306. The van der Waals surface area contributed by atoms with Crippen molar-refractivity contribution in [3.8, 4) is 0 Å². The number of rotatable bonds is 4. The van der Waals surface area contributed by atoms with Crippen molar-refractivity contribution in [2.75, 3.05) is 39.3 Å². The SMILES string of the molecule is O=[N+]([O-])c1cc(CN2CCN(C3CCNC3)CC2)cs1. The third-order valence-electron chi connectivity index (χ3n) is 4.18. The number of nitrogens with zero attached hydrogens (tertiary/aromatic N) is 3. The average molecular weight is 296 g/mol. The fourth-order valence-corrected chi connectivity index (χ4v) is 3.76. The van der Waals surface area contributed by atoms with Crippen LogP contribution in [0.5, 0.6) is 0 Å². The Morgan fingerprint density at radius 2 is 2.20 bits per heavy atom. The maximum absolute atomic E-state index is 10.7. The third-order valence-corrected chi connectivity index (χ3v) is 5.11.